The molecule has 0 saturated carbocycles. The first-order chi connectivity index (χ1) is 6.61. The van der Waals surface area contributed by atoms with E-state index in [-0.39, 0.29) is 12.1 Å². The standard InChI is InChI=1S/C12H19NO/c1-9(2)12(10(3)14)13-11-7-5-4-6-8-11/h4-10,12-14H,1-3H3. The average molecular weight is 193 g/mol. The monoisotopic (exact) mass is 193 g/mol. The van der Waals surface area contributed by atoms with Gasteiger partial charge in [0.25, 0.3) is 0 Å². The van der Waals surface area contributed by atoms with E-state index >= 15 is 0 Å². The number of anilines is 1. The van der Waals surface area contributed by atoms with Gasteiger partial charge < -0.3 is 10.4 Å². The summed E-state index contributed by atoms with van der Waals surface area (Å²) in [5, 5.41) is 12.9. The molecule has 0 bridgehead atoms. The van der Waals surface area contributed by atoms with Gasteiger partial charge in [-0.05, 0) is 25.0 Å². The van der Waals surface area contributed by atoms with Gasteiger partial charge in [-0.25, -0.2) is 0 Å². The number of rotatable bonds is 4. The fourth-order valence-corrected chi connectivity index (χ4v) is 1.57. The van der Waals surface area contributed by atoms with Gasteiger partial charge in [-0.3, -0.25) is 0 Å². The van der Waals surface area contributed by atoms with E-state index in [0.717, 1.165) is 5.69 Å². The first-order valence-electron chi connectivity index (χ1n) is 5.11. The molecule has 0 saturated heterocycles. The van der Waals surface area contributed by atoms with Crippen LogP contribution in [0.25, 0.3) is 0 Å². The smallest absolute Gasteiger partial charge is 0.0715 e. The zero-order valence-electron chi connectivity index (χ0n) is 9.07. The Hall–Kier alpha value is -1.02. The molecule has 0 radical (unpaired) electrons. The van der Waals surface area contributed by atoms with Crippen LogP contribution in [0.15, 0.2) is 30.3 Å². The van der Waals surface area contributed by atoms with Crippen molar-refractivity contribution >= 4 is 5.69 Å². The predicted octanol–water partition coefficient (Wildman–Crippen LogP) is 2.50. The van der Waals surface area contributed by atoms with Crippen LogP contribution in [0, 0.1) is 5.92 Å². The average Bonchev–Trinajstić information content (AvgIpc) is 2.15. The molecule has 0 amide bonds. The number of hydrogen-bond acceptors (Lipinski definition) is 2. The summed E-state index contributed by atoms with van der Waals surface area (Å²) in [4.78, 5) is 0. The maximum Gasteiger partial charge on any atom is 0.0715 e. The van der Waals surface area contributed by atoms with Gasteiger partial charge in [-0.15, -0.1) is 0 Å². The Balaban J connectivity index is 2.65. The van der Waals surface area contributed by atoms with Gasteiger partial charge in [0.15, 0.2) is 0 Å². The van der Waals surface area contributed by atoms with Crippen molar-refractivity contribution in [1.29, 1.82) is 0 Å². The molecule has 0 spiro atoms. The Labute approximate surface area is 86.0 Å². The Morgan fingerprint density at radius 2 is 1.64 bits per heavy atom. The van der Waals surface area contributed by atoms with Crippen molar-refractivity contribution in [2.45, 2.75) is 32.9 Å². The topological polar surface area (TPSA) is 32.3 Å². The van der Waals surface area contributed by atoms with E-state index in [1.165, 1.54) is 0 Å². The van der Waals surface area contributed by atoms with Gasteiger partial charge in [-0.1, -0.05) is 32.0 Å². The maximum atomic E-state index is 9.58. The zero-order chi connectivity index (χ0) is 10.6. The van der Waals surface area contributed by atoms with Crippen molar-refractivity contribution in [3.63, 3.8) is 0 Å². The SMILES string of the molecule is CC(C)C(Nc1ccccc1)C(C)O. The fourth-order valence-electron chi connectivity index (χ4n) is 1.57. The number of aliphatic hydroxyl groups is 1. The molecule has 2 atom stereocenters. The van der Waals surface area contributed by atoms with Gasteiger partial charge in [0.05, 0.1) is 12.1 Å². The second-order valence-corrected chi connectivity index (χ2v) is 4.02. The van der Waals surface area contributed by atoms with Crippen LogP contribution < -0.4 is 5.32 Å². The van der Waals surface area contributed by atoms with Crippen LogP contribution in [0.1, 0.15) is 20.8 Å². The molecule has 1 aromatic carbocycles. The summed E-state index contributed by atoms with van der Waals surface area (Å²) < 4.78 is 0. The lowest BCUT2D eigenvalue weighted by Crippen LogP contribution is -2.36. The Bertz CT molecular complexity index is 248. The van der Waals surface area contributed by atoms with Gasteiger partial charge in [0, 0.05) is 5.69 Å². The second-order valence-electron chi connectivity index (χ2n) is 4.02. The lowest BCUT2D eigenvalue weighted by molar-refractivity contribution is 0.151. The largest absolute Gasteiger partial charge is 0.391 e. The van der Waals surface area contributed by atoms with Gasteiger partial charge in [0.2, 0.25) is 0 Å². The van der Waals surface area contributed by atoms with Crippen LogP contribution >= 0.6 is 0 Å². The highest BCUT2D eigenvalue weighted by molar-refractivity contribution is 5.43. The van der Waals surface area contributed by atoms with Crippen LogP contribution in [0.4, 0.5) is 5.69 Å². The maximum absolute atomic E-state index is 9.58. The minimum absolute atomic E-state index is 0.109. The van der Waals surface area contributed by atoms with Crippen LogP contribution in [-0.2, 0) is 0 Å². The number of nitrogens with one attached hydrogen (secondary N) is 1. The van der Waals surface area contributed by atoms with Crippen molar-refractivity contribution in [2.24, 2.45) is 5.92 Å². The van der Waals surface area contributed by atoms with Crippen LogP contribution in [0.3, 0.4) is 0 Å². The molecule has 0 aliphatic rings. The number of para-hydroxylation sites is 1. The predicted molar refractivity (Wildman–Crippen MR) is 60.4 cm³/mol. The Morgan fingerprint density at radius 3 is 2.07 bits per heavy atom. The molecule has 2 N–H and O–H groups in total. The molecule has 2 heteroatoms. The third-order valence-electron chi connectivity index (χ3n) is 2.35. The third kappa shape index (κ3) is 3.04. The summed E-state index contributed by atoms with van der Waals surface area (Å²) in [6.07, 6.45) is -0.338. The molecular formula is C12H19NO. The molecule has 2 unspecified atom stereocenters. The molecule has 0 aliphatic heterocycles. The quantitative estimate of drug-likeness (QED) is 0.770. The van der Waals surface area contributed by atoms with Crippen molar-refractivity contribution in [3.05, 3.63) is 30.3 Å². The fraction of sp³-hybridized carbons (Fsp3) is 0.500. The van der Waals surface area contributed by atoms with Crippen molar-refractivity contribution in [1.82, 2.24) is 0 Å². The van der Waals surface area contributed by atoms with E-state index in [9.17, 15) is 5.11 Å². The molecule has 0 fully saturated rings. The van der Waals surface area contributed by atoms with Gasteiger partial charge >= 0.3 is 0 Å². The lowest BCUT2D eigenvalue weighted by Gasteiger charge is -2.26. The summed E-state index contributed by atoms with van der Waals surface area (Å²) in [6, 6.07) is 10.1. The molecular weight excluding hydrogens is 174 g/mol. The van der Waals surface area contributed by atoms with E-state index < -0.39 is 0 Å². The Morgan fingerprint density at radius 1 is 1.07 bits per heavy atom. The number of benzene rings is 1. The highest BCUT2D eigenvalue weighted by atomic mass is 16.3. The van der Waals surface area contributed by atoms with Gasteiger partial charge in [0.1, 0.15) is 0 Å². The lowest BCUT2D eigenvalue weighted by atomic mass is 9.99. The third-order valence-corrected chi connectivity index (χ3v) is 2.35. The summed E-state index contributed by atoms with van der Waals surface area (Å²) in [7, 11) is 0. The summed E-state index contributed by atoms with van der Waals surface area (Å²) in [5.41, 5.74) is 1.06. The van der Waals surface area contributed by atoms with Crippen LogP contribution in [0.5, 0.6) is 0 Å². The number of aliphatic hydroxyl groups excluding tert-OH is 1. The molecule has 14 heavy (non-hydrogen) atoms. The highest BCUT2D eigenvalue weighted by Crippen LogP contribution is 2.14. The second kappa shape index (κ2) is 5.01. The van der Waals surface area contributed by atoms with Crippen molar-refractivity contribution < 1.29 is 5.11 Å². The van der Waals surface area contributed by atoms with E-state index in [1.807, 2.05) is 37.3 Å². The van der Waals surface area contributed by atoms with E-state index in [0.29, 0.717) is 5.92 Å². The van der Waals surface area contributed by atoms with Crippen LogP contribution in [0.2, 0.25) is 0 Å². The van der Waals surface area contributed by atoms with E-state index in [2.05, 4.69) is 19.2 Å². The van der Waals surface area contributed by atoms with Crippen LogP contribution in [-0.4, -0.2) is 17.3 Å². The minimum Gasteiger partial charge on any atom is -0.391 e. The van der Waals surface area contributed by atoms with E-state index in [4.69, 9.17) is 0 Å². The highest BCUT2D eigenvalue weighted by Gasteiger charge is 2.18. The minimum atomic E-state index is -0.338. The summed E-state index contributed by atoms with van der Waals surface area (Å²) >= 11 is 0. The first kappa shape index (κ1) is 11.1. The Kier molecular flexibility index (Phi) is 3.96. The zero-order valence-corrected chi connectivity index (χ0v) is 9.07. The van der Waals surface area contributed by atoms with Gasteiger partial charge in [-0.2, -0.15) is 0 Å². The first-order valence-corrected chi connectivity index (χ1v) is 5.11. The molecule has 0 aliphatic carbocycles. The molecule has 78 valence electrons. The molecule has 0 heterocycles. The summed E-state index contributed by atoms with van der Waals surface area (Å²) in [5.74, 6) is 0.412. The molecule has 2 nitrogen and oxygen atoms in total. The van der Waals surface area contributed by atoms with Crippen molar-refractivity contribution in [3.8, 4) is 0 Å². The molecule has 1 rings (SSSR count). The summed E-state index contributed by atoms with van der Waals surface area (Å²) in [6.45, 7) is 6.03. The van der Waals surface area contributed by atoms with Crippen molar-refractivity contribution in [2.75, 3.05) is 5.32 Å². The molecule has 1 aromatic rings. The van der Waals surface area contributed by atoms with E-state index in [1.54, 1.807) is 0 Å². The normalized spacial score (nSPS) is 15.2. The molecule has 0 aromatic heterocycles. The number of hydrogen-bond donors (Lipinski definition) is 2.